The highest BCUT2D eigenvalue weighted by molar-refractivity contribution is 7.93. The molecule has 1 saturated heterocycles. The molecule has 0 unspecified atom stereocenters. The number of sulfone groups is 2. The maximum absolute atomic E-state index is 13.4. The molecule has 3 aromatic rings. The Balaban J connectivity index is 1.50. The quantitative estimate of drug-likeness (QED) is 0.436. The zero-order valence-electron chi connectivity index (χ0n) is 20.0. The number of carbonyl (C=O) groups excluding carboxylic acids is 1. The largest absolute Gasteiger partial charge is 0.490 e. The van der Waals surface area contributed by atoms with E-state index in [0.717, 1.165) is 17.6 Å². The lowest BCUT2D eigenvalue weighted by Crippen LogP contribution is -2.48. The van der Waals surface area contributed by atoms with Gasteiger partial charge >= 0.3 is 0 Å². The zero-order chi connectivity index (χ0) is 26.1. The van der Waals surface area contributed by atoms with Gasteiger partial charge in [-0.15, -0.1) is 0 Å². The molecule has 1 fully saturated rings. The fraction of sp³-hybridized carbons (Fsp3) is 0.348. The van der Waals surface area contributed by atoms with Crippen LogP contribution >= 0.6 is 11.3 Å². The second-order valence-electron chi connectivity index (χ2n) is 8.53. The van der Waals surface area contributed by atoms with Crippen molar-refractivity contribution in [1.82, 2.24) is 14.9 Å². The monoisotopic (exact) mass is 550 g/mol. The molecule has 0 atom stereocenters. The number of thiazole rings is 1. The van der Waals surface area contributed by atoms with Crippen molar-refractivity contribution in [2.45, 2.75) is 34.0 Å². The van der Waals surface area contributed by atoms with Crippen LogP contribution in [0.4, 0.5) is 5.13 Å². The smallest absolute Gasteiger partial charge is 0.257 e. The van der Waals surface area contributed by atoms with Crippen molar-refractivity contribution in [3.63, 3.8) is 0 Å². The summed E-state index contributed by atoms with van der Waals surface area (Å²) in [5.41, 5.74) is 0.194. The normalized spacial score (nSPS) is 14.8. The third-order valence-electron chi connectivity index (χ3n) is 5.49. The Hall–Kier alpha value is -3.03. The molecule has 192 valence electrons. The van der Waals surface area contributed by atoms with Gasteiger partial charge in [0.05, 0.1) is 27.7 Å². The lowest BCUT2D eigenvalue weighted by atomic mass is 10.1. The second-order valence-corrected chi connectivity index (χ2v) is 13.7. The molecule has 1 aromatic carbocycles. The summed E-state index contributed by atoms with van der Waals surface area (Å²) in [6, 6.07) is 7.36. The van der Waals surface area contributed by atoms with Gasteiger partial charge in [-0.1, -0.05) is 11.3 Å². The first-order chi connectivity index (χ1) is 17.0. The molecule has 2 aromatic heterocycles. The second kappa shape index (κ2) is 10.1. The molecule has 0 radical (unpaired) electrons. The van der Waals surface area contributed by atoms with Crippen LogP contribution in [0.5, 0.6) is 5.75 Å². The minimum absolute atomic E-state index is 0.0470. The van der Waals surface area contributed by atoms with Crippen LogP contribution in [0.25, 0.3) is 0 Å². The number of carbonyl (C=O) groups is 1. The van der Waals surface area contributed by atoms with E-state index in [9.17, 15) is 21.6 Å². The van der Waals surface area contributed by atoms with Gasteiger partial charge in [0.15, 0.2) is 15.0 Å². The Morgan fingerprint density at radius 3 is 2.36 bits per heavy atom. The number of nitrogens with zero attached hydrogens (tertiary/aromatic N) is 4. The Bertz CT molecular complexity index is 1460. The van der Waals surface area contributed by atoms with Crippen LogP contribution in [0.3, 0.4) is 0 Å². The minimum Gasteiger partial charge on any atom is -0.490 e. The number of rotatable bonds is 7. The van der Waals surface area contributed by atoms with Gasteiger partial charge in [-0.25, -0.2) is 21.8 Å². The SMILES string of the molecule is CC(C)Oc1ccc(S(C)(=O)=O)cc1C(=O)N1CCN(c2ncc(S(=O)(=O)c3cccnc3)s2)CC1. The first kappa shape index (κ1) is 26.0. The molecule has 1 aliphatic heterocycles. The van der Waals surface area contributed by atoms with E-state index in [1.54, 1.807) is 11.0 Å². The Morgan fingerprint density at radius 1 is 1.03 bits per heavy atom. The van der Waals surface area contributed by atoms with Gasteiger partial charge in [0.25, 0.3) is 5.91 Å². The first-order valence-electron chi connectivity index (χ1n) is 11.1. The fourth-order valence-corrected chi connectivity index (χ4v) is 6.86. The van der Waals surface area contributed by atoms with E-state index in [-0.39, 0.29) is 31.6 Å². The molecular formula is C23H26N4O6S3. The number of anilines is 1. The highest BCUT2D eigenvalue weighted by atomic mass is 32.2. The van der Waals surface area contributed by atoms with Gasteiger partial charge in [-0.3, -0.25) is 9.78 Å². The molecule has 3 heterocycles. The highest BCUT2D eigenvalue weighted by Gasteiger charge is 2.28. The van der Waals surface area contributed by atoms with Crippen molar-refractivity contribution < 1.29 is 26.4 Å². The first-order valence-corrected chi connectivity index (χ1v) is 15.3. The number of hydrogen-bond donors (Lipinski definition) is 0. The van der Waals surface area contributed by atoms with Gasteiger partial charge in [-0.2, -0.15) is 0 Å². The summed E-state index contributed by atoms with van der Waals surface area (Å²) < 4.78 is 55.7. The summed E-state index contributed by atoms with van der Waals surface area (Å²) >= 11 is 1.07. The summed E-state index contributed by atoms with van der Waals surface area (Å²) in [4.78, 5) is 25.2. The van der Waals surface area contributed by atoms with Crippen molar-refractivity contribution >= 4 is 42.1 Å². The van der Waals surface area contributed by atoms with Crippen LogP contribution < -0.4 is 9.64 Å². The molecule has 0 saturated carbocycles. The molecule has 4 rings (SSSR count). The van der Waals surface area contributed by atoms with Gasteiger partial charge in [0.2, 0.25) is 9.84 Å². The van der Waals surface area contributed by atoms with Crippen LogP contribution in [-0.4, -0.2) is 76.1 Å². The maximum Gasteiger partial charge on any atom is 0.257 e. The van der Waals surface area contributed by atoms with Gasteiger partial charge in [0, 0.05) is 44.8 Å². The molecule has 0 spiro atoms. The number of hydrogen-bond acceptors (Lipinski definition) is 10. The molecule has 10 nitrogen and oxygen atoms in total. The summed E-state index contributed by atoms with van der Waals surface area (Å²) in [5.74, 6) is 0.00443. The standard InChI is InChI=1S/C23H26N4O6S3/c1-16(2)33-20-7-6-17(35(3,29)30)13-19(20)22(28)26-9-11-27(12-10-26)23-25-15-21(34-23)36(31,32)18-5-4-8-24-14-18/h4-8,13-16H,9-12H2,1-3H3. The number of benzene rings is 1. The van der Waals surface area contributed by atoms with E-state index in [0.29, 0.717) is 37.1 Å². The van der Waals surface area contributed by atoms with Crippen LogP contribution in [0.1, 0.15) is 24.2 Å². The van der Waals surface area contributed by atoms with E-state index in [4.69, 9.17) is 4.74 Å². The molecule has 0 N–H and O–H groups in total. The van der Waals surface area contributed by atoms with E-state index in [2.05, 4.69) is 9.97 Å². The van der Waals surface area contributed by atoms with Gasteiger partial charge < -0.3 is 14.5 Å². The third kappa shape index (κ3) is 5.52. The lowest BCUT2D eigenvalue weighted by Gasteiger charge is -2.35. The molecular weight excluding hydrogens is 524 g/mol. The van der Waals surface area contributed by atoms with Crippen molar-refractivity contribution in [3.8, 4) is 5.75 Å². The molecule has 13 heteroatoms. The van der Waals surface area contributed by atoms with E-state index >= 15 is 0 Å². The molecule has 0 bridgehead atoms. The lowest BCUT2D eigenvalue weighted by molar-refractivity contribution is 0.0740. The Labute approximate surface area is 214 Å². The average molecular weight is 551 g/mol. The van der Waals surface area contributed by atoms with Crippen molar-refractivity contribution in [2.75, 3.05) is 37.3 Å². The van der Waals surface area contributed by atoms with E-state index < -0.39 is 19.7 Å². The Morgan fingerprint density at radius 2 is 1.75 bits per heavy atom. The zero-order valence-corrected chi connectivity index (χ0v) is 22.4. The van der Waals surface area contributed by atoms with Gasteiger partial charge in [-0.05, 0) is 44.2 Å². The number of pyridine rings is 1. The van der Waals surface area contributed by atoms with Crippen LogP contribution in [-0.2, 0) is 19.7 Å². The van der Waals surface area contributed by atoms with Crippen molar-refractivity contribution in [3.05, 3.63) is 54.5 Å². The van der Waals surface area contributed by atoms with Crippen LogP contribution in [0, 0.1) is 0 Å². The predicted octanol–water partition coefficient (Wildman–Crippen LogP) is 2.52. The summed E-state index contributed by atoms with van der Waals surface area (Å²) in [6.45, 7) is 5.25. The minimum atomic E-state index is -3.71. The number of amides is 1. The highest BCUT2D eigenvalue weighted by Crippen LogP contribution is 2.31. The van der Waals surface area contributed by atoms with E-state index in [1.165, 1.54) is 42.9 Å². The van der Waals surface area contributed by atoms with E-state index in [1.807, 2.05) is 18.7 Å². The maximum atomic E-state index is 13.4. The van der Waals surface area contributed by atoms with Crippen molar-refractivity contribution in [2.24, 2.45) is 0 Å². The summed E-state index contributed by atoms with van der Waals surface area (Å²) in [6.07, 6.45) is 5.04. The predicted molar refractivity (Wildman–Crippen MR) is 135 cm³/mol. The molecule has 1 amide bonds. The summed E-state index contributed by atoms with van der Waals surface area (Å²) in [5, 5.41) is 0.549. The van der Waals surface area contributed by atoms with Crippen molar-refractivity contribution in [1.29, 1.82) is 0 Å². The van der Waals surface area contributed by atoms with Crippen LogP contribution in [0.2, 0.25) is 0 Å². The number of piperazine rings is 1. The molecule has 1 aliphatic rings. The third-order valence-corrected chi connectivity index (χ3v) is 9.86. The number of aromatic nitrogens is 2. The number of ether oxygens (including phenoxy) is 1. The molecule has 36 heavy (non-hydrogen) atoms. The fourth-order valence-electron chi connectivity index (χ4n) is 3.68. The Kier molecular flexibility index (Phi) is 7.34. The van der Waals surface area contributed by atoms with Gasteiger partial charge in [0.1, 0.15) is 9.96 Å². The molecule has 0 aliphatic carbocycles. The van der Waals surface area contributed by atoms with Crippen LogP contribution in [0.15, 0.2) is 62.9 Å². The average Bonchev–Trinajstić information content (AvgIpc) is 3.35. The summed E-state index contributed by atoms with van der Waals surface area (Å²) in [7, 11) is -7.21. The topological polar surface area (TPSA) is 127 Å².